The van der Waals surface area contributed by atoms with Gasteiger partial charge in [0.1, 0.15) is 5.01 Å². The molecule has 0 aliphatic rings. The number of ether oxygens (including phenoxy) is 1. The molecule has 1 heterocycles. The highest BCUT2D eigenvalue weighted by molar-refractivity contribution is 7.11. The lowest BCUT2D eigenvalue weighted by atomic mass is 9.94. The zero-order chi connectivity index (χ0) is 12.2. The number of methoxy groups -OCH3 is 1. The van der Waals surface area contributed by atoms with E-state index in [9.17, 15) is 0 Å². The molecule has 0 bridgehead atoms. The average Bonchev–Trinajstić information content (AvgIpc) is 2.54. The van der Waals surface area contributed by atoms with Crippen molar-refractivity contribution in [2.45, 2.75) is 39.7 Å². The molecule has 0 aliphatic heterocycles. The minimum atomic E-state index is 0.201. The molecular formula is C12H22N2OS. The summed E-state index contributed by atoms with van der Waals surface area (Å²) in [5.41, 5.74) is 1.37. The SMILES string of the molecule is COCCNCc1nc(C)c(C(C)(C)C)s1. The van der Waals surface area contributed by atoms with Crippen LogP contribution in [-0.2, 0) is 16.7 Å². The van der Waals surface area contributed by atoms with Crippen LogP contribution in [0.15, 0.2) is 0 Å². The summed E-state index contributed by atoms with van der Waals surface area (Å²) < 4.78 is 4.98. The molecule has 0 fully saturated rings. The van der Waals surface area contributed by atoms with Crippen LogP contribution in [0.4, 0.5) is 0 Å². The Morgan fingerprint density at radius 3 is 2.56 bits per heavy atom. The molecule has 16 heavy (non-hydrogen) atoms. The van der Waals surface area contributed by atoms with Gasteiger partial charge in [-0.05, 0) is 12.3 Å². The van der Waals surface area contributed by atoms with E-state index in [1.54, 1.807) is 7.11 Å². The van der Waals surface area contributed by atoms with Gasteiger partial charge in [0.2, 0.25) is 0 Å². The van der Waals surface area contributed by atoms with Crippen LogP contribution in [0.3, 0.4) is 0 Å². The van der Waals surface area contributed by atoms with E-state index in [0.29, 0.717) is 0 Å². The highest BCUT2D eigenvalue weighted by Gasteiger charge is 2.20. The van der Waals surface area contributed by atoms with Gasteiger partial charge in [-0.15, -0.1) is 11.3 Å². The minimum Gasteiger partial charge on any atom is -0.383 e. The van der Waals surface area contributed by atoms with Gasteiger partial charge < -0.3 is 10.1 Å². The van der Waals surface area contributed by atoms with Gasteiger partial charge in [-0.25, -0.2) is 4.98 Å². The predicted molar refractivity (Wildman–Crippen MR) is 69.1 cm³/mol. The summed E-state index contributed by atoms with van der Waals surface area (Å²) in [6, 6.07) is 0. The zero-order valence-corrected chi connectivity index (χ0v) is 11.7. The third-order valence-corrected chi connectivity index (χ3v) is 3.86. The fourth-order valence-corrected chi connectivity index (χ4v) is 2.69. The second-order valence-corrected chi connectivity index (χ2v) is 6.03. The van der Waals surface area contributed by atoms with Gasteiger partial charge in [0.05, 0.1) is 12.3 Å². The summed E-state index contributed by atoms with van der Waals surface area (Å²) in [6.45, 7) is 11.2. The van der Waals surface area contributed by atoms with E-state index in [2.05, 4.69) is 38.0 Å². The largest absolute Gasteiger partial charge is 0.383 e. The molecule has 1 N–H and O–H groups in total. The molecule has 0 spiro atoms. The number of nitrogens with one attached hydrogen (secondary N) is 1. The molecule has 0 unspecified atom stereocenters. The van der Waals surface area contributed by atoms with Crippen molar-refractivity contribution in [3.63, 3.8) is 0 Å². The van der Waals surface area contributed by atoms with Crippen molar-refractivity contribution in [3.8, 4) is 0 Å². The van der Waals surface area contributed by atoms with Gasteiger partial charge in [0, 0.05) is 25.1 Å². The van der Waals surface area contributed by atoms with Crippen molar-refractivity contribution < 1.29 is 4.74 Å². The Hall–Kier alpha value is -0.450. The van der Waals surface area contributed by atoms with Crippen molar-refractivity contribution in [1.29, 1.82) is 0 Å². The first kappa shape index (κ1) is 13.6. The van der Waals surface area contributed by atoms with Crippen LogP contribution in [-0.4, -0.2) is 25.2 Å². The summed E-state index contributed by atoms with van der Waals surface area (Å²) in [4.78, 5) is 5.98. The maximum absolute atomic E-state index is 4.98. The minimum absolute atomic E-state index is 0.201. The molecule has 0 radical (unpaired) electrons. The first-order valence-electron chi connectivity index (χ1n) is 5.61. The van der Waals surface area contributed by atoms with Crippen molar-refractivity contribution in [3.05, 3.63) is 15.6 Å². The Bertz CT molecular complexity index is 328. The smallest absolute Gasteiger partial charge is 0.107 e. The first-order valence-corrected chi connectivity index (χ1v) is 6.43. The predicted octanol–water partition coefficient (Wildman–Crippen LogP) is 2.49. The average molecular weight is 242 g/mol. The van der Waals surface area contributed by atoms with E-state index < -0.39 is 0 Å². The molecule has 0 atom stereocenters. The third-order valence-electron chi connectivity index (χ3n) is 2.28. The van der Waals surface area contributed by atoms with Crippen LogP contribution in [0.25, 0.3) is 0 Å². The number of hydrogen-bond donors (Lipinski definition) is 1. The molecule has 1 aromatic rings. The number of nitrogens with zero attached hydrogens (tertiary/aromatic N) is 1. The Labute approximate surface area is 102 Å². The lowest BCUT2D eigenvalue weighted by Gasteiger charge is -2.16. The Morgan fingerprint density at radius 2 is 2.06 bits per heavy atom. The number of rotatable bonds is 5. The van der Waals surface area contributed by atoms with Gasteiger partial charge in [0.25, 0.3) is 0 Å². The van der Waals surface area contributed by atoms with Crippen LogP contribution < -0.4 is 5.32 Å². The number of thiazole rings is 1. The van der Waals surface area contributed by atoms with E-state index in [4.69, 9.17) is 4.74 Å². The molecule has 0 saturated carbocycles. The molecule has 0 aliphatic carbocycles. The first-order chi connectivity index (χ1) is 7.45. The molecule has 1 aromatic heterocycles. The van der Waals surface area contributed by atoms with Crippen LogP contribution in [0, 0.1) is 6.92 Å². The molecule has 3 nitrogen and oxygen atoms in total. The maximum atomic E-state index is 4.98. The molecule has 0 aromatic carbocycles. The Kier molecular flexibility index (Phi) is 4.89. The molecule has 1 rings (SSSR count). The lowest BCUT2D eigenvalue weighted by molar-refractivity contribution is 0.199. The molecule has 4 heteroatoms. The van der Waals surface area contributed by atoms with Crippen LogP contribution >= 0.6 is 11.3 Å². The quantitative estimate of drug-likeness (QED) is 0.806. The second kappa shape index (κ2) is 5.75. The van der Waals surface area contributed by atoms with Gasteiger partial charge in [0.15, 0.2) is 0 Å². The van der Waals surface area contributed by atoms with Gasteiger partial charge in [-0.2, -0.15) is 0 Å². The van der Waals surface area contributed by atoms with Crippen molar-refractivity contribution in [1.82, 2.24) is 10.3 Å². The van der Waals surface area contributed by atoms with E-state index in [1.807, 2.05) is 11.3 Å². The zero-order valence-electron chi connectivity index (χ0n) is 10.9. The maximum Gasteiger partial charge on any atom is 0.107 e. The molecule has 0 saturated heterocycles. The van der Waals surface area contributed by atoms with Crippen molar-refractivity contribution >= 4 is 11.3 Å². The summed E-state index contributed by atoms with van der Waals surface area (Å²) >= 11 is 1.81. The highest BCUT2D eigenvalue weighted by atomic mass is 32.1. The van der Waals surface area contributed by atoms with Gasteiger partial charge in [-0.1, -0.05) is 20.8 Å². The summed E-state index contributed by atoms with van der Waals surface area (Å²) in [7, 11) is 1.72. The monoisotopic (exact) mass is 242 g/mol. The van der Waals surface area contributed by atoms with E-state index in [-0.39, 0.29) is 5.41 Å². The van der Waals surface area contributed by atoms with Gasteiger partial charge in [-0.3, -0.25) is 0 Å². The Balaban J connectivity index is 2.56. The molecule has 0 amide bonds. The topological polar surface area (TPSA) is 34.1 Å². The van der Waals surface area contributed by atoms with E-state index in [1.165, 1.54) is 15.6 Å². The number of hydrogen-bond acceptors (Lipinski definition) is 4. The normalized spacial score (nSPS) is 12.1. The fourth-order valence-electron chi connectivity index (χ4n) is 1.59. The van der Waals surface area contributed by atoms with Crippen LogP contribution in [0.1, 0.15) is 36.3 Å². The van der Waals surface area contributed by atoms with Crippen LogP contribution in [0.2, 0.25) is 0 Å². The molecule has 92 valence electrons. The summed E-state index contributed by atoms with van der Waals surface area (Å²) in [5.74, 6) is 0. The second-order valence-electron chi connectivity index (χ2n) is 4.94. The third kappa shape index (κ3) is 3.85. The molecular weight excluding hydrogens is 220 g/mol. The van der Waals surface area contributed by atoms with Crippen LogP contribution in [0.5, 0.6) is 0 Å². The fraction of sp³-hybridized carbons (Fsp3) is 0.750. The number of aryl methyl sites for hydroxylation is 1. The highest BCUT2D eigenvalue weighted by Crippen LogP contribution is 2.30. The summed E-state index contributed by atoms with van der Waals surface area (Å²) in [5, 5.41) is 4.48. The van der Waals surface area contributed by atoms with E-state index >= 15 is 0 Å². The Morgan fingerprint density at radius 1 is 1.38 bits per heavy atom. The number of aromatic nitrogens is 1. The lowest BCUT2D eigenvalue weighted by Crippen LogP contribution is -2.18. The summed E-state index contributed by atoms with van der Waals surface area (Å²) in [6.07, 6.45) is 0. The van der Waals surface area contributed by atoms with Crippen molar-refractivity contribution in [2.75, 3.05) is 20.3 Å². The van der Waals surface area contributed by atoms with Gasteiger partial charge >= 0.3 is 0 Å². The van der Waals surface area contributed by atoms with Crippen molar-refractivity contribution in [2.24, 2.45) is 0 Å². The standard InChI is InChI=1S/C12H22N2OS/c1-9-11(12(2,3)4)16-10(14-9)8-13-6-7-15-5/h13H,6-8H2,1-5H3. The van der Waals surface area contributed by atoms with E-state index in [0.717, 1.165) is 19.7 Å².